The largest absolute Gasteiger partial charge is 0.480 e. The van der Waals surface area contributed by atoms with Crippen LogP contribution in [0.2, 0.25) is 0 Å². The van der Waals surface area contributed by atoms with Crippen LogP contribution in [0.5, 0.6) is 0 Å². The molecule has 2 aromatic rings. The SMILES string of the molecule is Cc1ccc2c(=O)n(C(CC(C)C)C(=O)O)sc2c1. The highest BCUT2D eigenvalue weighted by Crippen LogP contribution is 2.24. The number of aryl methyl sites for hydroxylation is 1. The maximum Gasteiger partial charge on any atom is 0.327 e. The summed E-state index contributed by atoms with van der Waals surface area (Å²) in [5, 5.41) is 9.93. The summed E-state index contributed by atoms with van der Waals surface area (Å²) >= 11 is 1.24. The summed E-state index contributed by atoms with van der Waals surface area (Å²) in [4.78, 5) is 23.7. The van der Waals surface area contributed by atoms with Gasteiger partial charge in [0.25, 0.3) is 5.56 Å². The van der Waals surface area contributed by atoms with Crippen molar-refractivity contribution >= 4 is 27.6 Å². The summed E-state index contributed by atoms with van der Waals surface area (Å²) in [6.07, 6.45) is 0.459. The number of carbonyl (C=O) groups is 1. The second-order valence-corrected chi connectivity index (χ2v) is 6.22. The van der Waals surface area contributed by atoms with Gasteiger partial charge in [-0.15, -0.1) is 0 Å². The van der Waals surface area contributed by atoms with E-state index >= 15 is 0 Å². The molecule has 4 nitrogen and oxygen atoms in total. The van der Waals surface area contributed by atoms with Crippen molar-refractivity contribution in [3.05, 3.63) is 34.1 Å². The summed E-state index contributed by atoms with van der Waals surface area (Å²) < 4.78 is 2.24. The fourth-order valence-corrected chi connectivity index (χ4v) is 3.29. The second kappa shape index (κ2) is 5.17. The smallest absolute Gasteiger partial charge is 0.327 e. The average Bonchev–Trinajstić information content (AvgIpc) is 2.62. The molecule has 2 rings (SSSR count). The number of fused-ring (bicyclic) bond motifs is 1. The first-order valence-electron chi connectivity index (χ1n) is 6.25. The van der Waals surface area contributed by atoms with E-state index in [0.717, 1.165) is 10.3 Å². The highest BCUT2D eigenvalue weighted by molar-refractivity contribution is 7.14. The third-order valence-corrected chi connectivity index (χ3v) is 4.18. The lowest BCUT2D eigenvalue weighted by Gasteiger charge is -2.14. The number of aromatic nitrogens is 1. The fraction of sp³-hybridized carbons (Fsp3) is 0.429. The summed E-state index contributed by atoms with van der Waals surface area (Å²) in [6.45, 7) is 5.87. The van der Waals surface area contributed by atoms with Crippen molar-refractivity contribution in [2.75, 3.05) is 0 Å². The molecule has 1 unspecified atom stereocenters. The molecule has 0 amide bonds. The Kier molecular flexibility index (Phi) is 3.75. The lowest BCUT2D eigenvalue weighted by molar-refractivity contribution is -0.141. The zero-order valence-electron chi connectivity index (χ0n) is 11.2. The Labute approximate surface area is 115 Å². The van der Waals surface area contributed by atoms with Crippen LogP contribution in [0.25, 0.3) is 10.1 Å². The molecule has 1 aromatic carbocycles. The molecule has 1 heterocycles. The van der Waals surface area contributed by atoms with Gasteiger partial charge in [0.2, 0.25) is 0 Å². The van der Waals surface area contributed by atoms with E-state index in [-0.39, 0.29) is 11.5 Å². The van der Waals surface area contributed by atoms with E-state index in [9.17, 15) is 14.7 Å². The summed E-state index contributed by atoms with van der Waals surface area (Å²) in [5.41, 5.74) is 0.865. The van der Waals surface area contributed by atoms with Crippen molar-refractivity contribution in [2.24, 2.45) is 5.92 Å². The van der Waals surface area contributed by atoms with Crippen LogP contribution >= 0.6 is 11.5 Å². The first-order valence-corrected chi connectivity index (χ1v) is 7.02. The molecule has 1 atom stereocenters. The van der Waals surface area contributed by atoms with Gasteiger partial charge in [0.05, 0.1) is 10.1 Å². The van der Waals surface area contributed by atoms with E-state index in [1.54, 1.807) is 6.07 Å². The number of benzene rings is 1. The summed E-state index contributed by atoms with van der Waals surface area (Å²) in [7, 11) is 0. The van der Waals surface area contributed by atoms with E-state index < -0.39 is 12.0 Å². The lowest BCUT2D eigenvalue weighted by atomic mass is 10.0. The van der Waals surface area contributed by atoms with Crippen molar-refractivity contribution in [1.82, 2.24) is 3.96 Å². The topological polar surface area (TPSA) is 59.3 Å². The third kappa shape index (κ3) is 2.71. The first kappa shape index (κ1) is 13.8. The fourth-order valence-electron chi connectivity index (χ4n) is 2.10. The Morgan fingerprint density at radius 3 is 2.68 bits per heavy atom. The molecule has 0 aliphatic rings. The molecule has 0 aliphatic carbocycles. The maximum atomic E-state index is 12.3. The van der Waals surface area contributed by atoms with Crippen LogP contribution in [0.1, 0.15) is 31.9 Å². The third-order valence-electron chi connectivity index (χ3n) is 3.03. The van der Waals surface area contributed by atoms with Crippen LogP contribution in [-0.4, -0.2) is 15.0 Å². The number of nitrogens with zero attached hydrogens (tertiary/aromatic N) is 1. The van der Waals surface area contributed by atoms with E-state index in [0.29, 0.717) is 11.8 Å². The van der Waals surface area contributed by atoms with Crippen LogP contribution in [-0.2, 0) is 4.79 Å². The Hall–Kier alpha value is -1.62. The van der Waals surface area contributed by atoms with Gasteiger partial charge >= 0.3 is 5.97 Å². The van der Waals surface area contributed by atoms with Gasteiger partial charge in [-0.2, -0.15) is 0 Å². The van der Waals surface area contributed by atoms with Gasteiger partial charge in [-0.05, 0) is 37.0 Å². The van der Waals surface area contributed by atoms with Crippen LogP contribution in [0.15, 0.2) is 23.0 Å². The minimum absolute atomic E-state index is 0.201. The number of hydrogen-bond acceptors (Lipinski definition) is 3. The van der Waals surface area contributed by atoms with Crippen molar-refractivity contribution in [3.63, 3.8) is 0 Å². The molecule has 0 radical (unpaired) electrons. The molecule has 0 saturated carbocycles. The van der Waals surface area contributed by atoms with Crippen LogP contribution in [0.3, 0.4) is 0 Å². The monoisotopic (exact) mass is 279 g/mol. The van der Waals surface area contributed by atoms with Gasteiger partial charge in [-0.1, -0.05) is 31.4 Å². The minimum atomic E-state index is -0.945. The van der Waals surface area contributed by atoms with E-state index in [1.165, 1.54) is 15.5 Å². The zero-order chi connectivity index (χ0) is 14.2. The normalized spacial score (nSPS) is 13.1. The molecule has 1 aromatic heterocycles. The van der Waals surface area contributed by atoms with Gasteiger partial charge in [-0.25, -0.2) is 8.75 Å². The van der Waals surface area contributed by atoms with Gasteiger partial charge in [-0.3, -0.25) is 4.79 Å². The molecule has 0 fully saturated rings. The van der Waals surface area contributed by atoms with Crippen molar-refractivity contribution in [3.8, 4) is 0 Å². The van der Waals surface area contributed by atoms with Crippen molar-refractivity contribution in [2.45, 2.75) is 33.2 Å². The molecular weight excluding hydrogens is 262 g/mol. The number of rotatable bonds is 4. The Morgan fingerprint density at radius 2 is 2.11 bits per heavy atom. The minimum Gasteiger partial charge on any atom is -0.480 e. The van der Waals surface area contributed by atoms with E-state index in [2.05, 4.69) is 0 Å². The van der Waals surface area contributed by atoms with Gasteiger partial charge in [0, 0.05) is 0 Å². The van der Waals surface area contributed by atoms with Crippen LogP contribution in [0, 0.1) is 12.8 Å². The highest BCUT2D eigenvalue weighted by atomic mass is 32.1. The summed E-state index contributed by atoms with van der Waals surface area (Å²) in [5.74, 6) is -0.723. The second-order valence-electron chi connectivity index (χ2n) is 5.21. The highest BCUT2D eigenvalue weighted by Gasteiger charge is 2.24. The molecule has 0 bridgehead atoms. The van der Waals surface area contributed by atoms with Crippen molar-refractivity contribution < 1.29 is 9.90 Å². The summed E-state index contributed by atoms with van der Waals surface area (Å²) in [6, 6.07) is 4.80. The van der Waals surface area contributed by atoms with Gasteiger partial charge in [0.15, 0.2) is 0 Å². The first-order chi connectivity index (χ1) is 8.90. The molecule has 0 spiro atoms. The Balaban J connectivity index is 2.57. The number of hydrogen-bond donors (Lipinski definition) is 1. The van der Waals surface area contributed by atoms with Gasteiger partial charge < -0.3 is 5.11 Å². The predicted molar refractivity (Wildman–Crippen MR) is 76.9 cm³/mol. The van der Waals surface area contributed by atoms with Gasteiger partial charge in [0.1, 0.15) is 6.04 Å². The molecule has 0 saturated heterocycles. The number of carboxylic acid groups (broad SMARTS) is 1. The maximum absolute atomic E-state index is 12.3. The Morgan fingerprint density at radius 1 is 1.42 bits per heavy atom. The molecule has 5 heteroatoms. The standard InChI is InChI=1S/C14H17NO3S/c1-8(2)6-11(14(17)18)15-13(16)10-5-4-9(3)7-12(10)19-15/h4-5,7-8,11H,6H2,1-3H3,(H,17,18). The average molecular weight is 279 g/mol. The van der Waals surface area contributed by atoms with Crippen LogP contribution in [0.4, 0.5) is 0 Å². The lowest BCUT2D eigenvalue weighted by Crippen LogP contribution is -2.26. The molecular formula is C14H17NO3S. The molecule has 1 N–H and O–H groups in total. The number of carboxylic acids is 1. The van der Waals surface area contributed by atoms with Crippen LogP contribution < -0.4 is 5.56 Å². The quantitative estimate of drug-likeness (QED) is 0.935. The Bertz CT molecular complexity index is 669. The zero-order valence-corrected chi connectivity index (χ0v) is 12.0. The number of aliphatic carboxylic acids is 1. The predicted octanol–water partition coefficient (Wildman–Crippen LogP) is 3.04. The van der Waals surface area contributed by atoms with E-state index in [4.69, 9.17) is 0 Å². The van der Waals surface area contributed by atoms with E-state index in [1.807, 2.05) is 32.9 Å². The molecule has 19 heavy (non-hydrogen) atoms. The molecule has 0 aliphatic heterocycles. The molecule has 102 valence electrons. The van der Waals surface area contributed by atoms with Crippen molar-refractivity contribution in [1.29, 1.82) is 0 Å².